The van der Waals surface area contributed by atoms with Crippen molar-refractivity contribution in [1.29, 1.82) is 0 Å². The Hall–Kier alpha value is -2.01. The summed E-state index contributed by atoms with van der Waals surface area (Å²) in [4.78, 5) is 24.7. The van der Waals surface area contributed by atoms with E-state index < -0.39 is 12.0 Å². The molecule has 0 saturated heterocycles. The van der Waals surface area contributed by atoms with Crippen molar-refractivity contribution < 1.29 is 14.3 Å². The topological polar surface area (TPSA) is 67.4 Å². The molecule has 2 aliphatic rings. The summed E-state index contributed by atoms with van der Waals surface area (Å²) in [5, 5.41) is 5.93. The number of allylic oxidation sites excluding steroid dienone is 1. The zero-order valence-electron chi connectivity index (χ0n) is 13.8. The molecule has 24 heavy (non-hydrogen) atoms. The maximum absolute atomic E-state index is 12.8. The highest BCUT2D eigenvalue weighted by Crippen LogP contribution is 2.34. The van der Waals surface area contributed by atoms with Gasteiger partial charge in [0.1, 0.15) is 6.10 Å². The highest BCUT2D eigenvalue weighted by atomic mass is 35.5. The van der Waals surface area contributed by atoms with Crippen molar-refractivity contribution in [3.8, 4) is 0 Å². The summed E-state index contributed by atoms with van der Waals surface area (Å²) in [6.45, 7) is 3.80. The number of amides is 2. The van der Waals surface area contributed by atoms with Crippen molar-refractivity contribution in [2.24, 2.45) is 5.92 Å². The van der Waals surface area contributed by atoms with Gasteiger partial charge in [-0.1, -0.05) is 36.7 Å². The molecule has 6 heteroatoms. The fourth-order valence-corrected chi connectivity index (χ4v) is 3.64. The fourth-order valence-electron chi connectivity index (χ4n) is 3.39. The van der Waals surface area contributed by atoms with E-state index in [0.717, 1.165) is 19.3 Å². The fraction of sp³-hybridized carbons (Fsp3) is 0.444. The minimum Gasteiger partial charge on any atom is -0.459 e. The van der Waals surface area contributed by atoms with Crippen molar-refractivity contribution in [1.82, 2.24) is 10.6 Å². The zero-order valence-corrected chi connectivity index (χ0v) is 14.5. The smallest absolute Gasteiger partial charge is 0.338 e. The molecule has 0 radical (unpaired) electrons. The lowest BCUT2D eigenvalue weighted by atomic mass is 9.95. The van der Waals surface area contributed by atoms with E-state index in [1.165, 1.54) is 0 Å². The maximum Gasteiger partial charge on any atom is 0.338 e. The Kier molecular flexibility index (Phi) is 4.81. The second-order valence-electron chi connectivity index (χ2n) is 6.44. The zero-order chi connectivity index (χ0) is 17.3. The van der Waals surface area contributed by atoms with Gasteiger partial charge in [0.25, 0.3) is 0 Å². The van der Waals surface area contributed by atoms with E-state index in [4.69, 9.17) is 16.3 Å². The van der Waals surface area contributed by atoms with Crippen LogP contribution in [0.3, 0.4) is 0 Å². The van der Waals surface area contributed by atoms with E-state index in [-0.39, 0.29) is 12.1 Å². The largest absolute Gasteiger partial charge is 0.459 e. The first-order valence-corrected chi connectivity index (χ1v) is 8.59. The summed E-state index contributed by atoms with van der Waals surface area (Å²) in [7, 11) is 0. The Bertz CT molecular complexity index is 701. The first-order chi connectivity index (χ1) is 11.5. The number of hydrogen-bond donors (Lipinski definition) is 2. The van der Waals surface area contributed by atoms with Crippen LogP contribution in [-0.4, -0.2) is 18.1 Å². The molecule has 3 rings (SSSR count). The number of esters is 1. The van der Waals surface area contributed by atoms with Crippen LogP contribution in [0.1, 0.15) is 44.7 Å². The lowest BCUT2D eigenvalue weighted by Gasteiger charge is -2.29. The van der Waals surface area contributed by atoms with Crippen LogP contribution >= 0.6 is 11.6 Å². The van der Waals surface area contributed by atoms with Crippen LogP contribution in [0.15, 0.2) is 35.5 Å². The molecule has 1 aromatic carbocycles. The van der Waals surface area contributed by atoms with Crippen LogP contribution in [0.4, 0.5) is 4.79 Å². The van der Waals surface area contributed by atoms with Gasteiger partial charge >= 0.3 is 12.0 Å². The van der Waals surface area contributed by atoms with E-state index >= 15 is 0 Å². The number of halogens is 1. The number of carbonyl (C=O) groups is 2. The summed E-state index contributed by atoms with van der Waals surface area (Å²) in [5.74, 6) is -0.0385. The molecule has 3 atom stereocenters. The average molecular weight is 349 g/mol. The third kappa shape index (κ3) is 3.26. The van der Waals surface area contributed by atoms with E-state index in [0.29, 0.717) is 27.8 Å². The first kappa shape index (κ1) is 16.8. The predicted octanol–water partition coefficient (Wildman–Crippen LogP) is 3.70. The Labute approximate surface area is 146 Å². The number of urea groups is 1. The van der Waals surface area contributed by atoms with Gasteiger partial charge < -0.3 is 15.4 Å². The van der Waals surface area contributed by atoms with Gasteiger partial charge in [0, 0.05) is 10.7 Å². The molecule has 0 aromatic heterocycles. The molecule has 2 N–H and O–H groups in total. The Morgan fingerprint density at radius 1 is 1.29 bits per heavy atom. The Morgan fingerprint density at radius 2 is 2.04 bits per heavy atom. The highest BCUT2D eigenvalue weighted by molar-refractivity contribution is 6.31. The molecule has 0 bridgehead atoms. The third-order valence-electron chi connectivity index (χ3n) is 4.75. The molecule has 2 amide bonds. The second kappa shape index (κ2) is 6.85. The monoisotopic (exact) mass is 348 g/mol. The normalized spacial score (nSPS) is 26.8. The van der Waals surface area contributed by atoms with Crippen LogP contribution in [-0.2, 0) is 9.53 Å². The minimum atomic E-state index is -0.614. The van der Waals surface area contributed by atoms with Crippen molar-refractivity contribution in [2.45, 2.75) is 45.3 Å². The molecule has 1 aromatic rings. The molecule has 1 aliphatic heterocycles. The van der Waals surface area contributed by atoms with Crippen molar-refractivity contribution in [3.63, 3.8) is 0 Å². The number of rotatable bonds is 3. The summed E-state index contributed by atoms with van der Waals surface area (Å²) >= 11 is 6.27. The van der Waals surface area contributed by atoms with Gasteiger partial charge in [-0.05, 0) is 43.7 Å². The molecule has 0 spiro atoms. The predicted molar refractivity (Wildman–Crippen MR) is 91.5 cm³/mol. The number of hydrogen-bond acceptors (Lipinski definition) is 3. The summed E-state index contributed by atoms with van der Waals surface area (Å²) in [6.07, 6.45) is 2.96. The SMILES string of the molecule is CC1=C(C(=O)OC2CCCC2C)C(c2ccccc2Cl)NC(=O)N1. The van der Waals surface area contributed by atoms with Crippen molar-refractivity contribution >= 4 is 23.6 Å². The Balaban J connectivity index is 1.92. The lowest BCUT2D eigenvalue weighted by Crippen LogP contribution is -2.45. The van der Waals surface area contributed by atoms with Crippen LogP contribution in [0.2, 0.25) is 5.02 Å². The number of ether oxygens (including phenoxy) is 1. The van der Waals surface area contributed by atoms with Crippen molar-refractivity contribution in [3.05, 3.63) is 46.1 Å². The first-order valence-electron chi connectivity index (χ1n) is 8.21. The van der Waals surface area contributed by atoms with Gasteiger partial charge in [-0.2, -0.15) is 0 Å². The van der Waals surface area contributed by atoms with Gasteiger partial charge in [0.2, 0.25) is 0 Å². The summed E-state index contributed by atoms with van der Waals surface area (Å²) in [5.41, 5.74) is 1.58. The molecule has 128 valence electrons. The lowest BCUT2D eigenvalue weighted by molar-refractivity contribution is -0.146. The minimum absolute atomic E-state index is 0.0673. The second-order valence-corrected chi connectivity index (χ2v) is 6.85. The number of carbonyl (C=O) groups excluding carboxylic acids is 2. The van der Waals surface area contributed by atoms with Gasteiger partial charge in [-0.25, -0.2) is 9.59 Å². The molecular weight excluding hydrogens is 328 g/mol. The van der Waals surface area contributed by atoms with Crippen LogP contribution in [0, 0.1) is 5.92 Å². The maximum atomic E-state index is 12.8. The van der Waals surface area contributed by atoms with Gasteiger partial charge in [-0.3, -0.25) is 0 Å². The molecule has 5 nitrogen and oxygen atoms in total. The van der Waals surface area contributed by atoms with E-state index in [9.17, 15) is 9.59 Å². The highest BCUT2D eigenvalue weighted by Gasteiger charge is 2.36. The number of benzene rings is 1. The molecular formula is C18H21ClN2O3. The number of nitrogens with one attached hydrogen (secondary N) is 2. The van der Waals surface area contributed by atoms with E-state index in [1.807, 2.05) is 12.1 Å². The van der Waals surface area contributed by atoms with Crippen LogP contribution in [0.25, 0.3) is 0 Å². The van der Waals surface area contributed by atoms with Gasteiger partial charge in [0.15, 0.2) is 0 Å². The molecule has 1 fully saturated rings. The molecule has 3 unspecified atom stereocenters. The van der Waals surface area contributed by atoms with E-state index in [1.54, 1.807) is 19.1 Å². The quantitative estimate of drug-likeness (QED) is 0.818. The summed E-state index contributed by atoms with van der Waals surface area (Å²) in [6, 6.07) is 6.20. The van der Waals surface area contributed by atoms with E-state index in [2.05, 4.69) is 17.6 Å². The average Bonchev–Trinajstić information content (AvgIpc) is 2.92. The van der Waals surface area contributed by atoms with Gasteiger partial charge in [0.05, 0.1) is 11.6 Å². The van der Waals surface area contributed by atoms with Crippen LogP contribution in [0.5, 0.6) is 0 Å². The molecule has 1 aliphatic carbocycles. The summed E-state index contributed by atoms with van der Waals surface area (Å²) < 4.78 is 5.73. The molecule has 1 heterocycles. The van der Waals surface area contributed by atoms with Crippen LogP contribution < -0.4 is 10.6 Å². The standard InChI is InChI=1S/C18H21ClN2O3/c1-10-6-5-9-14(10)24-17(22)15-11(2)20-18(23)21-16(15)12-7-3-4-8-13(12)19/h3-4,7-8,10,14,16H,5-6,9H2,1-2H3,(H2,20,21,23). The Morgan fingerprint density at radius 3 is 2.71 bits per heavy atom. The third-order valence-corrected chi connectivity index (χ3v) is 5.09. The van der Waals surface area contributed by atoms with Gasteiger partial charge in [-0.15, -0.1) is 0 Å². The molecule has 1 saturated carbocycles. The van der Waals surface area contributed by atoms with Crippen molar-refractivity contribution in [2.75, 3.05) is 0 Å².